The minimum absolute atomic E-state index is 0.256. The summed E-state index contributed by atoms with van der Waals surface area (Å²) in [6, 6.07) is 7.58. The van der Waals surface area contributed by atoms with Crippen molar-refractivity contribution in [1.29, 1.82) is 0 Å². The van der Waals surface area contributed by atoms with Crippen molar-refractivity contribution in [3.05, 3.63) is 41.2 Å². The summed E-state index contributed by atoms with van der Waals surface area (Å²) in [4.78, 5) is 12.1. The van der Waals surface area contributed by atoms with Crippen LogP contribution in [0.25, 0.3) is 0 Å². The van der Waals surface area contributed by atoms with Crippen LogP contribution in [0, 0.1) is 6.92 Å². The van der Waals surface area contributed by atoms with Gasteiger partial charge in [0.1, 0.15) is 0 Å². The molecule has 0 aliphatic heterocycles. The molecule has 0 saturated heterocycles. The molecule has 0 aliphatic carbocycles. The Hall–Kier alpha value is -2.30. The number of nitrogens with two attached hydrogens (primary N) is 1. The van der Waals surface area contributed by atoms with Crippen molar-refractivity contribution in [1.82, 2.24) is 10.2 Å². The van der Waals surface area contributed by atoms with Crippen LogP contribution in [0.5, 0.6) is 0 Å². The highest BCUT2D eigenvalue weighted by molar-refractivity contribution is 6.06. The van der Waals surface area contributed by atoms with E-state index in [1.807, 2.05) is 38.1 Å². The predicted molar refractivity (Wildman–Crippen MR) is 76.1 cm³/mol. The first-order valence-corrected chi connectivity index (χ1v) is 6.33. The van der Waals surface area contributed by atoms with E-state index >= 15 is 0 Å². The van der Waals surface area contributed by atoms with Gasteiger partial charge in [0.2, 0.25) is 0 Å². The number of nitrogens with one attached hydrogen (secondary N) is 2. The SMILES string of the molecule is CCCc1[nH]nc(C(=O)Nc2ccccc2C)c1N. The summed E-state index contributed by atoms with van der Waals surface area (Å²) >= 11 is 0. The average Bonchev–Trinajstić information content (AvgIpc) is 2.75. The largest absolute Gasteiger partial charge is 0.395 e. The number of carbonyl (C=O) groups excluding carboxylic acids is 1. The van der Waals surface area contributed by atoms with Gasteiger partial charge in [-0.3, -0.25) is 9.89 Å². The van der Waals surface area contributed by atoms with Crippen LogP contribution in [-0.4, -0.2) is 16.1 Å². The molecule has 1 amide bonds. The molecule has 2 aromatic rings. The Bertz CT molecular complexity index is 589. The van der Waals surface area contributed by atoms with Gasteiger partial charge in [0.15, 0.2) is 5.69 Å². The number of aryl methyl sites for hydroxylation is 2. The first kappa shape index (κ1) is 13.1. The number of aromatic amines is 1. The molecular weight excluding hydrogens is 240 g/mol. The number of para-hydroxylation sites is 1. The van der Waals surface area contributed by atoms with E-state index in [0.717, 1.165) is 29.8 Å². The van der Waals surface area contributed by atoms with Gasteiger partial charge in [-0.1, -0.05) is 31.5 Å². The Balaban J connectivity index is 2.19. The highest BCUT2D eigenvalue weighted by Gasteiger charge is 2.17. The molecule has 19 heavy (non-hydrogen) atoms. The van der Waals surface area contributed by atoms with Crippen LogP contribution in [-0.2, 0) is 6.42 Å². The highest BCUT2D eigenvalue weighted by atomic mass is 16.2. The van der Waals surface area contributed by atoms with Gasteiger partial charge in [-0.15, -0.1) is 0 Å². The summed E-state index contributed by atoms with van der Waals surface area (Å²) < 4.78 is 0. The zero-order valence-electron chi connectivity index (χ0n) is 11.2. The van der Waals surface area contributed by atoms with Gasteiger partial charge in [-0.2, -0.15) is 5.10 Å². The van der Waals surface area contributed by atoms with Crippen molar-refractivity contribution in [2.75, 3.05) is 11.1 Å². The third-order valence-electron chi connectivity index (χ3n) is 2.99. The molecule has 0 aliphatic rings. The summed E-state index contributed by atoms with van der Waals surface area (Å²) in [5.41, 5.74) is 9.21. The van der Waals surface area contributed by atoms with E-state index in [9.17, 15) is 4.79 Å². The molecule has 5 nitrogen and oxygen atoms in total. The highest BCUT2D eigenvalue weighted by Crippen LogP contribution is 2.19. The van der Waals surface area contributed by atoms with Crippen LogP contribution >= 0.6 is 0 Å². The molecular formula is C14H18N4O. The van der Waals surface area contributed by atoms with Crippen molar-refractivity contribution in [2.45, 2.75) is 26.7 Å². The van der Waals surface area contributed by atoms with Crippen LogP contribution in [0.3, 0.4) is 0 Å². The minimum atomic E-state index is -0.287. The minimum Gasteiger partial charge on any atom is -0.395 e. The Kier molecular flexibility index (Phi) is 3.85. The maximum absolute atomic E-state index is 12.1. The number of H-pyrrole nitrogens is 1. The number of anilines is 2. The van der Waals surface area contributed by atoms with Crippen LogP contribution in [0.4, 0.5) is 11.4 Å². The van der Waals surface area contributed by atoms with Crippen molar-refractivity contribution >= 4 is 17.3 Å². The Morgan fingerprint density at radius 1 is 1.42 bits per heavy atom. The van der Waals surface area contributed by atoms with Crippen LogP contribution in [0.1, 0.15) is 35.1 Å². The third kappa shape index (κ3) is 2.76. The van der Waals surface area contributed by atoms with Gasteiger partial charge in [-0.05, 0) is 25.0 Å². The van der Waals surface area contributed by atoms with E-state index < -0.39 is 0 Å². The molecule has 1 heterocycles. The van der Waals surface area contributed by atoms with Crippen molar-refractivity contribution in [3.8, 4) is 0 Å². The molecule has 0 spiro atoms. The van der Waals surface area contributed by atoms with Crippen molar-refractivity contribution in [2.24, 2.45) is 0 Å². The Morgan fingerprint density at radius 3 is 2.84 bits per heavy atom. The topological polar surface area (TPSA) is 83.8 Å². The maximum Gasteiger partial charge on any atom is 0.278 e. The standard InChI is InChI=1S/C14H18N4O/c1-3-6-11-12(15)13(18-17-11)14(19)16-10-8-5-4-7-9(10)2/h4-5,7-8H,3,6,15H2,1-2H3,(H,16,19)(H,17,18). The number of benzene rings is 1. The molecule has 0 saturated carbocycles. The molecule has 0 bridgehead atoms. The molecule has 5 heteroatoms. The average molecular weight is 258 g/mol. The Morgan fingerprint density at radius 2 is 2.16 bits per heavy atom. The molecule has 1 aromatic carbocycles. The van der Waals surface area contributed by atoms with Crippen LogP contribution in [0.15, 0.2) is 24.3 Å². The fourth-order valence-electron chi connectivity index (χ4n) is 1.90. The van der Waals surface area contributed by atoms with E-state index in [1.54, 1.807) is 0 Å². The summed E-state index contributed by atoms with van der Waals surface area (Å²) in [6.07, 6.45) is 1.74. The second-order valence-electron chi connectivity index (χ2n) is 4.48. The lowest BCUT2D eigenvalue weighted by molar-refractivity contribution is 0.102. The lowest BCUT2D eigenvalue weighted by Crippen LogP contribution is -2.15. The molecule has 0 fully saturated rings. The second kappa shape index (κ2) is 5.56. The summed E-state index contributed by atoms with van der Waals surface area (Å²) in [7, 11) is 0. The van der Waals surface area contributed by atoms with Crippen LogP contribution in [0.2, 0.25) is 0 Å². The quantitative estimate of drug-likeness (QED) is 0.787. The lowest BCUT2D eigenvalue weighted by atomic mass is 10.2. The number of hydrogen-bond donors (Lipinski definition) is 3. The molecule has 0 atom stereocenters. The number of aromatic nitrogens is 2. The van der Waals surface area contributed by atoms with Gasteiger partial charge in [0, 0.05) is 5.69 Å². The van der Waals surface area contributed by atoms with Gasteiger partial charge in [-0.25, -0.2) is 0 Å². The molecule has 0 radical (unpaired) electrons. The smallest absolute Gasteiger partial charge is 0.278 e. The number of hydrogen-bond acceptors (Lipinski definition) is 3. The summed E-state index contributed by atoms with van der Waals surface area (Å²) in [5, 5.41) is 9.64. The monoisotopic (exact) mass is 258 g/mol. The summed E-state index contributed by atoms with van der Waals surface area (Å²) in [6.45, 7) is 3.99. The van der Waals surface area contributed by atoms with E-state index in [4.69, 9.17) is 5.73 Å². The van der Waals surface area contributed by atoms with Gasteiger partial charge in [0.05, 0.1) is 11.4 Å². The molecule has 1 aromatic heterocycles. The number of nitrogens with zero attached hydrogens (tertiary/aromatic N) is 1. The fraction of sp³-hybridized carbons (Fsp3) is 0.286. The predicted octanol–water partition coefficient (Wildman–Crippen LogP) is 2.51. The van der Waals surface area contributed by atoms with Gasteiger partial charge < -0.3 is 11.1 Å². The summed E-state index contributed by atoms with van der Waals surface area (Å²) in [5.74, 6) is -0.287. The first-order valence-electron chi connectivity index (χ1n) is 6.33. The number of nitrogen functional groups attached to an aromatic ring is 1. The molecule has 4 N–H and O–H groups in total. The third-order valence-corrected chi connectivity index (χ3v) is 2.99. The first-order chi connectivity index (χ1) is 9.13. The van der Waals surface area contributed by atoms with E-state index in [-0.39, 0.29) is 11.6 Å². The van der Waals surface area contributed by atoms with E-state index in [2.05, 4.69) is 15.5 Å². The lowest BCUT2D eigenvalue weighted by Gasteiger charge is -2.06. The fourth-order valence-corrected chi connectivity index (χ4v) is 1.90. The molecule has 100 valence electrons. The molecule has 2 rings (SSSR count). The van der Waals surface area contributed by atoms with Crippen molar-refractivity contribution < 1.29 is 4.79 Å². The Labute approximate surface area is 112 Å². The second-order valence-corrected chi connectivity index (χ2v) is 4.48. The van der Waals surface area contributed by atoms with Gasteiger partial charge >= 0.3 is 0 Å². The number of rotatable bonds is 4. The maximum atomic E-state index is 12.1. The zero-order chi connectivity index (χ0) is 13.8. The number of carbonyl (C=O) groups is 1. The van der Waals surface area contributed by atoms with Crippen molar-refractivity contribution in [3.63, 3.8) is 0 Å². The zero-order valence-corrected chi connectivity index (χ0v) is 11.2. The van der Waals surface area contributed by atoms with Gasteiger partial charge in [0.25, 0.3) is 5.91 Å². The van der Waals surface area contributed by atoms with E-state index in [0.29, 0.717) is 5.69 Å². The van der Waals surface area contributed by atoms with E-state index in [1.165, 1.54) is 0 Å². The molecule has 0 unspecified atom stereocenters. The normalized spacial score (nSPS) is 10.4. The number of amides is 1. The van der Waals surface area contributed by atoms with Crippen LogP contribution < -0.4 is 11.1 Å².